The molecule has 0 saturated carbocycles. The number of ether oxygens (including phenoxy) is 1. The number of hydrogen-bond donors (Lipinski definition) is 3. The molecule has 1 aliphatic carbocycles. The lowest BCUT2D eigenvalue weighted by atomic mass is 9.77. The second-order valence-electron chi connectivity index (χ2n) is 6.57. The van der Waals surface area contributed by atoms with Crippen molar-refractivity contribution in [3.63, 3.8) is 0 Å². The normalized spacial score (nSPS) is 23.4. The minimum atomic E-state index is -0.00644. The Balaban J connectivity index is 1.72. The molecule has 0 spiro atoms. The monoisotopic (exact) mass is 335 g/mol. The van der Waals surface area contributed by atoms with E-state index in [0.717, 1.165) is 23.4 Å². The third kappa shape index (κ3) is 2.74. The molecule has 2 aromatic rings. The summed E-state index contributed by atoms with van der Waals surface area (Å²) >= 11 is 0. The lowest BCUT2D eigenvalue weighted by Crippen LogP contribution is -2.29. The van der Waals surface area contributed by atoms with Crippen LogP contribution in [0.15, 0.2) is 61.2 Å². The van der Waals surface area contributed by atoms with E-state index in [1.54, 1.807) is 18.2 Å². The molecule has 0 aromatic heterocycles. The Kier molecular flexibility index (Phi) is 3.88. The van der Waals surface area contributed by atoms with E-state index in [2.05, 4.69) is 30.1 Å². The first kappa shape index (κ1) is 15.6. The Morgan fingerprint density at radius 2 is 2.04 bits per heavy atom. The SMILES string of the molecule is C=CCOc1ccc2c(c1)C1C=CCC1C(c1ccc(O)cc1O)N2. The van der Waals surface area contributed by atoms with Crippen molar-refractivity contribution >= 4 is 5.69 Å². The van der Waals surface area contributed by atoms with E-state index in [0.29, 0.717) is 12.5 Å². The number of phenols is 2. The van der Waals surface area contributed by atoms with Gasteiger partial charge in [0.2, 0.25) is 0 Å². The van der Waals surface area contributed by atoms with Gasteiger partial charge in [-0.05, 0) is 48.2 Å². The number of allylic oxidation sites excluding steroid dienone is 2. The maximum Gasteiger partial charge on any atom is 0.124 e. The van der Waals surface area contributed by atoms with Crippen LogP contribution in [0.25, 0.3) is 0 Å². The molecule has 0 bridgehead atoms. The molecule has 128 valence electrons. The third-order valence-corrected chi connectivity index (χ3v) is 5.05. The minimum Gasteiger partial charge on any atom is -0.508 e. The van der Waals surface area contributed by atoms with E-state index in [9.17, 15) is 10.2 Å². The molecule has 1 heterocycles. The van der Waals surface area contributed by atoms with Gasteiger partial charge in [0.25, 0.3) is 0 Å². The molecule has 0 amide bonds. The molecule has 4 rings (SSSR count). The van der Waals surface area contributed by atoms with Crippen LogP contribution in [0.1, 0.15) is 29.5 Å². The molecule has 0 radical (unpaired) electrons. The van der Waals surface area contributed by atoms with Crippen molar-refractivity contribution in [2.45, 2.75) is 18.4 Å². The summed E-state index contributed by atoms with van der Waals surface area (Å²) in [5.74, 6) is 1.63. The van der Waals surface area contributed by atoms with Gasteiger partial charge in [-0.1, -0.05) is 24.8 Å². The van der Waals surface area contributed by atoms with E-state index < -0.39 is 0 Å². The van der Waals surface area contributed by atoms with Crippen molar-refractivity contribution in [3.8, 4) is 17.2 Å². The second-order valence-corrected chi connectivity index (χ2v) is 6.57. The number of benzene rings is 2. The smallest absolute Gasteiger partial charge is 0.124 e. The molecule has 0 fully saturated rings. The number of aromatic hydroxyl groups is 2. The van der Waals surface area contributed by atoms with Crippen molar-refractivity contribution in [2.24, 2.45) is 5.92 Å². The fourth-order valence-electron chi connectivity index (χ4n) is 3.92. The van der Waals surface area contributed by atoms with Crippen LogP contribution >= 0.6 is 0 Å². The summed E-state index contributed by atoms with van der Waals surface area (Å²) in [5, 5.41) is 23.4. The third-order valence-electron chi connectivity index (χ3n) is 5.05. The summed E-state index contributed by atoms with van der Waals surface area (Å²) in [5.41, 5.74) is 3.08. The maximum absolute atomic E-state index is 10.3. The number of anilines is 1. The molecule has 2 aliphatic rings. The Hall–Kier alpha value is -2.88. The molecule has 4 nitrogen and oxygen atoms in total. The molecule has 3 unspecified atom stereocenters. The van der Waals surface area contributed by atoms with Crippen LogP contribution in [0.4, 0.5) is 5.69 Å². The van der Waals surface area contributed by atoms with E-state index in [-0.39, 0.29) is 23.5 Å². The standard InChI is InChI=1S/C21H21NO3/c1-2-10-25-14-7-9-19-18(12-14)15-4-3-5-16(15)21(22-19)17-8-6-13(23)11-20(17)24/h2-4,6-9,11-12,15-16,21-24H,1,5,10H2. The van der Waals surface area contributed by atoms with Crippen LogP contribution in [0.5, 0.6) is 17.2 Å². The van der Waals surface area contributed by atoms with Gasteiger partial charge in [0.1, 0.15) is 23.9 Å². The quantitative estimate of drug-likeness (QED) is 0.721. The van der Waals surface area contributed by atoms with Crippen molar-refractivity contribution in [2.75, 3.05) is 11.9 Å². The molecular formula is C21H21NO3. The highest BCUT2D eigenvalue weighted by Gasteiger charge is 2.39. The van der Waals surface area contributed by atoms with Crippen LogP contribution < -0.4 is 10.1 Å². The molecule has 3 N–H and O–H groups in total. The van der Waals surface area contributed by atoms with Gasteiger partial charge in [-0.15, -0.1) is 0 Å². The highest BCUT2D eigenvalue weighted by molar-refractivity contribution is 5.62. The van der Waals surface area contributed by atoms with E-state index >= 15 is 0 Å². The Morgan fingerprint density at radius 1 is 1.16 bits per heavy atom. The van der Waals surface area contributed by atoms with Gasteiger partial charge in [0.15, 0.2) is 0 Å². The second kappa shape index (κ2) is 6.20. The first-order chi connectivity index (χ1) is 12.2. The molecule has 3 atom stereocenters. The van der Waals surface area contributed by atoms with Crippen LogP contribution in [-0.2, 0) is 0 Å². The molecule has 2 aromatic carbocycles. The number of phenolic OH excluding ortho intramolecular Hbond substituents is 2. The van der Waals surface area contributed by atoms with Gasteiger partial charge < -0.3 is 20.3 Å². The molecular weight excluding hydrogens is 314 g/mol. The highest BCUT2D eigenvalue weighted by Crippen LogP contribution is 2.51. The summed E-state index contributed by atoms with van der Waals surface area (Å²) in [6.07, 6.45) is 7.12. The van der Waals surface area contributed by atoms with Gasteiger partial charge >= 0.3 is 0 Å². The summed E-state index contributed by atoms with van der Waals surface area (Å²) < 4.78 is 5.68. The average molecular weight is 335 g/mol. The zero-order valence-electron chi connectivity index (χ0n) is 13.9. The lowest BCUT2D eigenvalue weighted by molar-refractivity contribution is 0.360. The van der Waals surface area contributed by atoms with E-state index in [4.69, 9.17) is 4.74 Å². The molecule has 25 heavy (non-hydrogen) atoms. The molecule has 0 saturated heterocycles. The Morgan fingerprint density at radius 3 is 2.84 bits per heavy atom. The van der Waals surface area contributed by atoms with Gasteiger partial charge in [-0.2, -0.15) is 0 Å². The van der Waals surface area contributed by atoms with Crippen molar-refractivity contribution in [1.29, 1.82) is 0 Å². The summed E-state index contributed by atoms with van der Waals surface area (Å²) in [4.78, 5) is 0. The predicted molar refractivity (Wildman–Crippen MR) is 98.3 cm³/mol. The molecule has 1 aliphatic heterocycles. The summed E-state index contributed by atoms with van der Waals surface area (Å²) in [6, 6.07) is 10.9. The van der Waals surface area contributed by atoms with Crippen molar-refractivity contribution < 1.29 is 14.9 Å². The van der Waals surface area contributed by atoms with Gasteiger partial charge in [0.05, 0.1) is 6.04 Å². The van der Waals surface area contributed by atoms with Gasteiger partial charge in [-0.25, -0.2) is 0 Å². The van der Waals surface area contributed by atoms with Crippen molar-refractivity contribution in [1.82, 2.24) is 0 Å². The number of nitrogens with one attached hydrogen (secondary N) is 1. The average Bonchev–Trinajstić information content (AvgIpc) is 3.09. The van der Waals surface area contributed by atoms with Crippen LogP contribution in [0.2, 0.25) is 0 Å². The van der Waals surface area contributed by atoms with Crippen LogP contribution in [0, 0.1) is 5.92 Å². The van der Waals surface area contributed by atoms with Crippen LogP contribution in [-0.4, -0.2) is 16.8 Å². The van der Waals surface area contributed by atoms with Crippen LogP contribution in [0.3, 0.4) is 0 Å². The van der Waals surface area contributed by atoms with Crippen molar-refractivity contribution in [3.05, 3.63) is 72.3 Å². The Labute approximate surface area is 147 Å². The number of fused-ring (bicyclic) bond motifs is 3. The summed E-state index contributed by atoms with van der Waals surface area (Å²) in [6.45, 7) is 4.17. The molecule has 4 heteroatoms. The van der Waals surface area contributed by atoms with Gasteiger partial charge in [0, 0.05) is 23.2 Å². The van der Waals surface area contributed by atoms with E-state index in [1.807, 2.05) is 12.1 Å². The minimum absolute atomic E-state index is 0.00644. The predicted octanol–water partition coefficient (Wildman–Crippen LogP) is 4.49. The van der Waals surface area contributed by atoms with Gasteiger partial charge in [-0.3, -0.25) is 0 Å². The Bertz CT molecular complexity index is 843. The largest absolute Gasteiger partial charge is 0.508 e. The topological polar surface area (TPSA) is 61.7 Å². The summed E-state index contributed by atoms with van der Waals surface area (Å²) in [7, 11) is 0. The zero-order chi connectivity index (χ0) is 17.4. The number of hydrogen-bond acceptors (Lipinski definition) is 4. The lowest BCUT2D eigenvalue weighted by Gasteiger charge is -2.37. The maximum atomic E-state index is 10.3. The first-order valence-corrected chi connectivity index (χ1v) is 8.50. The number of rotatable bonds is 4. The zero-order valence-corrected chi connectivity index (χ0v) is 13.9. The highest BCUT2D eigenvalue weighted by atomic mass is 16.5. The first-order valence-electron chi connectivity index (χ1n) is 8.50. The fraction of sp³-hybridized carbons (Fsp3) is 0.238. The van der Waals surface area contributed by atoms with E-state index in [1.165, 1.54) is 11.6 Å². The fourth-order valence-corrected chi connectivity index (χ4v) is 3.92.